The van der Waals surface area contributed by atoms with E-state index in [2.05, 4.69) is 9.97 Å². The molecule has 3 N–H and O–H groups in total. The van der Waals surface area contributed by atoms with Gasteiger partial charge in [0, 0.05) is 28.2 Å². The number of carboxylic acid groups (broad SMARTS) is 1. The lowest BCUT2D eigenvalue weighted by Gasteiger charge is -2.15. The second-order valence-electron chi connectivity index (χ2n) is 8.15. The molecule has 1 aliphatic rings. The van der Waals surface area contributed by atoms with E-state index >= 15 is 0 Å². The number of hydrogen-bond acceptors (Lipinski definition) is 1. The second-order valence-corrected chi connectivity index (χ2v) is 8.15. The van der Waals surface area contributed by atoms with E-state index in [0.29, 0.717) is 34.3 Å². The molecule has 4 nitrogen and oxygen atoms in total. The zero-order chi connectivity index (χ0) is 21.9. The Kier molecular flexibility index (Phi) is 4.32. The molecule has 156 valence electrons. The molecule has 0 aliphatic heterocycles. The van der Waals surface area contributed by atoms with Gasteiger partial charge in [-0.05, 0) is 64.9 Å². The maximum Gasteiger partial charge on any atom is 0.352 e. The highest BCUT2D eigenvalue weighted by molar-refractivity contribution is 6.03. The highest BCUT2D eigenvalue weighted by atomic mass is 19.1. The van der Waals surface area contributed by atoms with E-state index in [4.69, 9.17) is 0 Å². The molecule has 4 aromatic rings. The van der Waals surface area contributed by atoms with Crippen LogP contribution in [0.3, 0.4) is 0 Å². The Morgan fingerprint density at radius 2 is 1.84 bits per heavy atom. The van der Waals surface area contributed by atoms with Crippen LogP contribution in [0.25, 0.3) is 39.4 Å². The zero-order valence-electron chi connectivity index (χ0n) is 17.0. The smallest absolute Gasteiger partial charge is 0.352 e. The van der Waals surface area contributed by atoms with Crippen molar-refractivity contribution in [2.75, 3.05) is 0 Å². The van der Waals surface area contributed by atoms with E-state index in [9.17, 15) is 18.7 Å². The number of aromatic amines is 2. The molecular formula is C25H20F2N2O2. The van der Waals surface area contributed by atoms with E-state index in [1.807, 2.05) is 32.1 Å². The molecule has 0 radical (unpaired) electrons. The first-order valence-electron chi connectivity index (χ1n) is 10.1. The van der Waals surface area contributed by atoms with E-state index in [1.165, 1.54) is 24.3 Å². The number of nitrogens with one attached hydrogen (secondary N) is 2. The first-order chi connectivity index (χ1) is 14.8. The number of carboxylic acids is 1. The van der Waals surface area contributed by atoms with Gasteiger partial charge in [-0.25, -0.2) is 13.6 Å². The van der Waals surface area contributed by atoms with Crippen molar-refractivity contribution in [3.05, 3.63) is 76.6 Å². The number of carbonyl (C=O) groups is 1. The van der Waals surface area contributed by atoms with Crippen molar-refractivity contribution in [2.24, 2.45) is 0 Å². The minimum Gasteiger partial charge on any atom is -0.477 e. The molecule has 2 aromatic carbocycles. The Morgan fingerprint density at radius 1 is 1.10 bits per heavy atom. The monoisotopic (exact) mass is 418 g/mol. The molecule has 0 saturated carbocycles. The predicted molar refractivity (Wildman–Crippen MR) is 117 cm³/mol. The first-order valence-corrected chi connectivity index (χ1v) is 10.1. The standard InChI is InChI=1S/C25H20F2N2O2/c1-12(2)21-22(18-9-14(26)8-13-4-3-5-16(13)18)24(25(30)31)29-23(21)19-10-15(27)11-20-17(19)6-7-28-20/h3,5-12,28-29H,4H2,1-2H3,(H,30,31). The molecule has 0 atom stereocenters. The molecule has 2 aromatic heterocycles. The fraction of sp³-hybridized carbons (Fsp3) is 0.160. The molecule has 31 heavy (non-hydrogen) atoms. The molecule has 0 amide bonds. The average Bonchev–Trinajstić information content (AvgIpc) is 3.43. The summed E-state index contributed by atoms with van der Waals surface area (Å²) < 4.78 is 28.9. The molecule has 0 saturated heterocycles. The molecule has 6 heteroatoms. The van der Waals surface area contributed by atoms with Gasteiger partial charge in [0.2, 0.25) is 0 Å². The molecule has 0 fully saturated rings. The minimum absolute atomic E-state index is 0.0280. The lowest BCUT2D eigenvalue weighted by Crippen LogP contribution is -2.02. The summed E-state index contributed by atoms with van der Waals surface area (Å²) in [7, 11) is 0. The predicted octanol–water partition coefficient (Wildman–Crippen LogP) is 6.50. The van der Waals surface area contributed by atoms with Crippen molar-refractivity contribution < 1.29 is 18.7 Å². The Labute approximate surface area is 177 Å². The van der Waals surface area contributed by atoms with E-state index < -0.39 is 17.6 Å². The van der Waals surface area contributed by atoms with Crippen LogP contribution in [0.15, 0.2) is 42.6 Å². The number of fused-ring (bicyclic) bond motifs is 2. The van der Waals surface area contributed by atoms with Gasteiger partial charge in [-0.2, -0.15) is 0 Å². The number of H-pyrrole nitrogens is 2. The quantitative estimate of drug-likeness (QED) is 0.354. The van der Waals surface area contributed by atoms with E-state index in [-0.39, 0.29) is 11.6 Å². The SMILES string of the molecule is CC(C)c1c(-c2cc(F)cc3[nH]ccc23)[nH]c(C(=O)O)c1-c1cc(F)cc2c1C=CC2. The Hall–Kier alpha value is -3.67. The number of aromatic carboxylic acids is 1. The summed E-state index contributed by atoms with van der Waals surface area (Å²) in [6, 6.07) is 7.51. The number of hydrogen-bond donors (Lipinski definition) is 3. The molecule has 0 bridgehead atoms. The summed E-state index contributed by atoms with van der Waals surface area (Å²) in [6.07, 6.45) is 6.16. The van der Waals surface area contributed by atoms with Gasteiger partial charge in [-0.3, -0.25) is 0 Å². The molecule has 5 rings (SSSR count). The molecule has 0 spiro atoms. The van der Waals surface area contributed by atoms with E-state index in [0.717, 1.165) is 22.1 Å². The highest BCUT2D eigenvalue weighted by Crippen LogP contribution is 2.44. The molecule has 1 aliphatic carbocycles. The van der Waals surface area contributed by atoms with Crippen LogP contribution in [-0.4, -0.2) is 21.0 Å². The van der Waals surface area contributed by atoms with Crippen LogP contribution in [0.2, 0.25) is 0 Å². The fourth-order valence-corrected chi connectivity index (χ4v) is 4.63. The van der Waals surface area contributed by atoms with Gasteiger partial charge in [0.15, 0.2) is 0 Å². The van der Waals surface area contributed by atoms with Crippen molar-refractivity contribution in [1.29, 1.82) is 0 Å². The van der Waals surface area contributed by atoms with Crippen molar-refractivity contribution in [1.82, 2.24) is 9.97 Å². The summed E-state index contributed by atoms with van der Waals surface area (Å²) >= 11 is 0. The van der Waals surface area contributed by atoms with Crippen molar-refractivity contribution in [2.45, 2.75) is 26.2 Å². The van der Waals surface area contributed by atoms with Gasteiger partial charge in [-0.1, -0.05) is 26.0 Å². The third-order valence-electron chi connectivity index (χ3n) is 5.85. The Balaban J connectivity index is 1.90. The van der Waals surface area contributed by atoms with Crippen molar-refractivity contribution in [3.8, 4) is 22.4 Å². The lowest BCUT2D eigenvalue weighted by atomic mass is 9.87. The number of allylic oxidation sites excluding steroid dienone is 1. The first kappa shape index (κ1) is 19.3. The number of aromatic nitrogens is 2. The van der Waals surface area contributed by atoms with Gasteiger partial charge in [0.25, 0.3) is 0 Å². The van der Waals surface area contributed by atoms with Crippen LogP contribution in [0.5, 0.6) is 0 Å². The van der Waals surface area contributed by atoms with Gasteiger partial charge < -0.3 is 15.1 Å². The highest BCUT2D eigenvalue weighted by Gasteiger charge is 2.29. The third kappa shape index (κ3) is 2.98. The van der Waals surface area contributed by atoms with Gasteiger partial charge >= 0.3 is 5.97 Å². The summed E-state index contributed by atoms with van der Waals surface area (Å²) in [5.41, 5.74) is 5.04. The number of benzene rings is 2. The van der Waals surface area contributed by atoms with Crippen LogP contribution in [0, 0.1) is 11.6 Å². The topological polar surface area (TPSA) is 68.9 Å². The lowest BCUT2D eigenvalue weighted by molar-refractivity contribution is 0.0692. The maximum absolute atomic E-state index is 14.5. The van der Waals surface area contributed by atoms with Crippen LogP contribution in [-0.2, 0) is 6.42 Å². The summed E-state index contributed by atoms with van der Waals surface area (Å²) in [5.74, 6) is -2.09. The van der Waals surface area contributed by atoms with Gasteiger partial charge in [0.05, 0.1) is 5.69 Å². The van der Waals surface area contributed by atoms with Crippen molar-refractivity contribution >= 4 is 22.9 Å². The second kappa shape index (κ2) is 6.94. The largest absolute Gasteiger partial charge is 0.477 e. The zero-order valence-corrected chi connectivity index (χ0v) is 17.0. The maximum atomic E-state index is 14.5. The summed E-state index contributed by atoms with van der Waals surface area (Å²) in [6.45, 7) is 3.90. The summed E-state index contributed by atoms with van der Waals surface area (Å²) in [5, 5.41) is 10.8. The Bertz CT molecular complexity index is 1390. The number of halogens is 2. The molecule has 2 heterocycles. The fourth-order valence-electron chi connectivity index (χ4n) is 4.63. The van der Waals surface area contributed by atoms with Crippen LogP contribution in [0.1, 0.15) is 46.9 Å². The van der Waals surface area contributed by atoms with E-state index in [1.54, 1.807) is 6.20 Å². The van der Waals surface area contributed by atoms with Crippen LogP contribution >= 0.6 is 0 Å². The Morgan fingerprint density at radius 3 is 2.58 bits per heavy atom. The van der Waals surface area contributed by atoms with Crippen LogP contribution in [0.4, 0.5) is 8.78 Å². The normalized spacial score (nSPS) is 12.8. The molecule has 0 unspecified atom stereocenters. The van der Waals surface area contributed by atoms with Crippen LogP contribution < -0.4 is 0 Å². The van der Waals surface area contributed by atoms with Crippen molar-refractivity contribution in [3.63, 3.8) is 0 Å². The average molecular weight is 418 g/mol. The molecular weight excluding hydrogens is 398 g/mol. The van der Waals surface area contributed by atoms with Gasteiger partial charge in [-0.15, -0.1) is 0 Å². The minimum atomic E-state index is -1.15. The number of rotatable bonds is 4. The third-order valence-corrected chi connectivity index (χ3v) is 5.85. The summed E-state index contributed by atoms with van der Waals surface area (Å²) in [4.78, 5) is 18.3. The van der Waals surface area contributed by atoms with Gasteiger partial charge in [0.1, 0.15) is 17.3 Å².